The molecule has 1 fully saturated rings. The van der Waals surface area contributed by atoms with Gasteiger partial charge in [0.15, 0.2) is 0 Å². The summed E-state index contributed by atoms with van der Waals surface area (Å²) < 4.78 is 6.40. The summed E-state index contributed by atoms with van der Waals surface area (Å²) in [5.74, 6) is 1.46. The van der Waals surface area contributed by atoms with Crippen LogP contribution in [-0.2, 0) is 4.74 Å². The Morgan fingerprint density at radius 2 is 2.18 bits per heavy atom. The molecule has 5 heteroatoms. The number of aromatic nitrogens is 1. The van der Waals surface area contributed by atoms with Crippen LogP contribution in [0, 0.1) is 6.92 Å². The SMILES string of the molecule is Cc1nc(NC2(CCl)CCOCC2)ccc1Br. The molecule has 0 bridgehead atoms. The molecule has 0 amide bonds. The molecule has 1 N–H and O–H groups in total. The lowest BCUT2D eigenvalue weighted by Gasteiger charge is -2.36. The van der Waals surface area contributed by atoms with Gasteiger partial charge in [0.25, 0.3) is 0 Å². The second-order valence-corrected chi connectivity index (χ2v) is 5.54. The molecule has 2 rings (SSSR count). The van der Waals surface area contributed by atoms with E-state index < -0.39 is 0 Å². The van der Waals surface area contributed by atoms with E-state index in [9.17, 15) is 0 Å². The summed E-state index contributed by atoms with van der Waals surface area (Å²) >= 11 is 9.55. The van der Waals surface area contributed by atoms with Crippen molar-refractivity contribution < 1.29 is 4.74 Å². The minimum absolute atomic E-state index is 0.0763. The molecule has 0 aromatic carbocycles. The van der Waals surface area contributed by atoms with Crippen molar-refractivity contribution in [3.05, 3.63) is 22.3 Å². The second kappa shape index (κ2) is 5.55. The van der Waals surface area contributed by atoms with Crippen LogP contribution in [-0.4, -0.2) is 29.6 Å². The third-order valence-electron chi connectivity index (χ3n) is 3.12. The fourth-order valence-electron chi connectivity index (χ4n) is 1.94. The number of halogens is 2. The van der Waals surface area contributed by atoms with Crippen LogP contribution in [0.5, 0.6) is 0 Å². The van der Waals surface area contributed by atoms with Gasteiger partial charge in [-0.25, -0.2) is 4.98 Å². The summed E-state index contributed by atoms with van der Waals surface area (Å²) in [5, 5.41) is 3.47. The second-order valence-electron chi connectivity index (χ2n) is 4.42. The first-order chi connectivity index (χ1) is 8.15. The summed E-state index contributed by atoms with van der Waals surface area (Å²) in [6.45, 7) is 3.50. The van der Waals surface area contributed by atoms with Gasteiger partial charge in [0.2, 0.25) is 0 Å². The van der Waals surface area contributed by atoms with Crippen LogP contribution >= 0.6 is 27.5 Å². The molecule has 0 spiro atoms. The van der Waals surface area contributed by atoms with E-state index in [1.165, 1.54) is 0 Å². The topological polar surface area (TPSA) is 34.2 Å². The number of nitrogens with zero attached hydrogens (tertiary/aromatic N) is 1. The minimum Gasteiger partial charge on any atom is -0.381 e. The zero-order valence-corrected chi connectivity index (χ0v) is 12.1. The Morgan fingerprint density at radius 1 is 1.47 bits per heavy atom. The van der Waals surface area contributed by atoms with Gasteiger partial charge in [-0.3, -0.25) is 0 Å². The van der Waals surface area contributed by atoms with Gasteiger partial charge in [-0.15, -0.1) is 11.6 Å². The summed E-state index contributed by atoms with van der Waals surface area (Å²) in [4.78, 5) is 4.50. The van der Waals surface area contributed by atoms with Gasteiger partial charge in [0, 0.05) is 23.6 Å². The van der Waals surface area contributed by atoms with E-state index in [1.54, 1.807) is 0 Å². The van der Waals surface area contributed by atoms with Crippen molar-refractivity contribution in [3.8, 4) is 0 Å². The molecule has 0 atom stereocenters. The summed E-state index contributed by atoms with van der Waals surface area (Å²) in [6, 6.07) is 3.98. The molecule has 94 valence electrons. The van der Waals surface area contributed by atoms with Gasteiger partial charge in [-0.2, -0.15) is 0 Å². The normalized spacial score (nSPS) is 19.0. The standard InChI is InChI=1S/C12H16BrClN2O/c1-9-10(13)2-3-11(15-9)16-12(8-14)4-6-17-7-5-12/h2-3H,4-8H2,1H3,(H,15,16). The summed E-state index contributed by atoms with van der Waals surface area (Å²) in [7, 11) is 0. The zero-order chi connectivity index (χ0) is 12.3. The summed E-state index contributed by atoms with van der Waals surface area (Å²) in [6.07, 6.45) is 1.85. The number of pyridine rings is 1. The highest BCUT2D eigenvalue weighted by Crippen LogP contribution is 2.27. The first-order valence-corrected chi connectivity index (χ1v) is 7.03. The van der Waals surface area contributed by atoms with E-state index in [0.717, 1.165) is 42.0 Å². The highest BCUT2D eigenvalue weighted by molar-refractivity contribution is 9.10. The predicted molar refractivity (Wildman–Crippen MR) is 73.8 cm³/mol. The molecule has 0 saturated carbocycles. The molecule has 1 aromatic heterocycles. The van der Waals surface area contributed by atoms with Gasteiger partial charge in [0.1, 0.15) is 5.82 Å². The molecule has 1 aliphatic heterocycles. The van der Waals surface area contributed by atoms with Crippen molar-refractivity contribution in [1.29, 1.82) is 0 Å². The van der Waals surface area contributed by atoms with Crippen molar-refractivity contribution >= 4 is 33.3 Å². The minimum atomic E-state index is -0.0763. The van der Waals surface area contributed by atoms with Gasteiger partial charge in [-0.05, 0) is 47.8 Å². The van der Waals surface area contributed by atoms with Crippen LogP contribution < -0.4 is 5.32 Å². The van der Waals surface area contributed by atoms with E-state index in [0.29, 0.717) is 5.88 Å². The molecule has 2 heterocycles. The van der Waals surface area contributed by atoms with E-state index in [2.05, 4.69) is 26.2 Å². The van der Waals surface area contributed by atoms with Crippen molar-refractivity contribution in [2.75, 3.05) is 24.4 Å². The van der Waals surface area contributed by atoms with Crippen molar-refractivity contribution in [1.82, 2.24) is 4.98 Å². The maximum Gasteiger partial charge on any atom is 0.126 e. The Balaban J connectivity index is 2.14. The molecule has 1 aromatic rings. The monoisotopic (exact) mass is 318 g/mol. The predicted octanol–water partition coefficient (Wildman–Crippen LogP) is 3.35. The number of anilines is 1. The fraction of sp³-hybridized carbons (Fsp3) is 0.583. The Labute approximate surface area is 115 Å². The van der Waals surface area contributed by atoms with Crippen LogP contribution in [0.25, 0.3) is 0 Å². The van der Waals surface area contributed by atoms with Crippen molar-refractivity contribution in [2.24, 2.45) is 0 Å². The highest BCUT2D eigenvalue weighted by Gasteiger charge is 2.31. The van der Waals surface area contributed by atoms with E-state index >= 15 is 0 Å². The smallest absolute Gasteiger partial charge is 0.126 e. The molecule has 3 nitrogen and oxygen atoms in total. The molecule has 0 unspecified atom stereocenters. The molecule has 17 heavy (non-hydrogen) atoms. The third-order valence-corrected chi connectivity index (χ3v) is 4.47. The van der Waals surface area contributed by atoms with Gasteiger partial charge in [-0.1, -0.05) is 0 Å². The van der Waals surface area contributed by atoms with Crippen LogP contribution in [0.1, 0.15) is 18.5 Å². The number of hydrogen-bond acceptors (Lipinski definition) is 3. The van der Waals surface area contributed by atoms with Crippen LogP contribution in [0.15, 0.2) is 16.6 Å². The quantitative estimate of drug-likeness (QED) is 0.868. The van der Waals surface area contributed by atoms with Crippen LogP contribution in [0.4, 0.5) is 5.82 Å². The van der Waals surface area contributed by atoms with Gasteiger partial charge >= 0.3 is 0 Å². The lowest BCUT2D eigenvalue weighted by atomic mass is 9.92. The van der Waals surface area contributed by atoms with Crippen molar-refractivity contribution in [3.63, 3.8) is 0 Å². The average Bonchev–Trinajstić information content (AvgIpc) is 2.35. The Bertz CT molecular complexity index is 394. The fourth-order valence-corrected chi connectivity index (χ4v) is 2.49. The third kappa shape index (κ3) is 3.12. The van der Waals surface area contributed by atoms with Crippen molar-refractivity contribution in [2.45, 2.75) is 25.3 Å². The first-order valence-electron chi connectivity index (χ1n) is 5.70. The van der Waals surface area contributed by atoms with Gasteiger partial charge in [0.05, 0.1) is 11.2 Å². The largest absolute Gasteiger partial charge is 0.381 e. The molecule has 1 aliphatic rings. The summed E-state index contributed by atoms with van der Waals surface area (Å²) in [5.41, 5.74) is 0.902. The number of alkyl halides is 1. The Morgan fingerprint density at radius 3 is 2.76 bits per heavy atom. The lowest BCUT2D eigenvalue weighted by Crippen LogP contribution is -2.45. The number of rotatable bonds is 3. The molecule has 1 saturated heterocycles. The number of ether oxygens (including phenoxy) is 1. The number of nitrogens with one attached hydrogen (secondary N) is 1. The Kier molecular flexibility index (Phi) is 4.28. The van der Waals surface area contributed by atoms with E-state index in [4.69, 9.17) is 16.3 Å². The lowest BCUT2D eigenvalue weighted by molar-refractivity contribution is 0.0666. The molecule has 0 aliphatic carbocycles. The maximum atomic E-state index is 6.10. The highest BCUT2D eigenvalue weighted by atomic mass is 79.9. The Hall–Kier alpha value is -0.320. The van der Waals surface area contributed by atoms with Crippen LogP contribution in [0.2, 0.25) is 0 Å². The molecule has 0 radical (unpaired) electrons. The number of hydrogen-bond donors (Lipinski definition) is 1. The van der Waals surface area contributed by atoms with E-state index in [1.807, 2.05) is 19.1 Å². The maximum absolute atomic E-state index is 6.10. The van der Waals surface area contributed by atoms with Crippen LogP contribution in [0.3, 0.4) is 0 Å². The molecular formula is C12H16BrClN2O. The number of aryl methyl sites for hydroxylation is 1. The van der Waals surface area contributed by atoms with Gasteiger partial charge < -0.3 is 10.1 Å². The zero-order valence-electron chi connectivity index (χ0n) is 9.80. The van der Waals surface area contributed by atoms with E-state index in [-0.39, 0.29) is 5.54 Å². The average molecular weight is 320 g/mol. The molecular weight excluding hydrogens is 304 g/mol. The first kappa shape index (κ1) is 13.1.